The summed E-state index contributed by atoms with van der Waals surface area (Å²) in [4.78, 5) is 0. The molecule has 0 radical (unpaired) electrons. The third-order valence-corrected chi connectivity index (χ3v) is 20.2. The summed E-state index contributed by atoms with van der Waals surface area (Å²) < 4.78 is 0. The van der Waals surface area contributed by atoms with Crippen LogP contribution in [0, 0.1) is 89.7 Å². The first-order valence-electron chi connectivity index (χ1n) is 20.7. The lowest BCUT2D eigenvalue weighted by molar-refractivity contribution is -0.649. The van der Waals surface area contributed by atoms with Gasteiger partial charge in [-0.15, -0.1) is 0 Å². The largest absolute Gasteiger partial charge is 0.0596 e. The van der Waals surface area contributed by atoms with Gasteiger partial charge in [0.15, 0.2) is 0 Å². The molecular weight excluding hydrogens is 540 g/mol. The van der Waals surface area contributed by atoms with Crippen molar-refractivity contribution in [3.63, 3.8) is 0 Å². The van der Waals surface area contributed by atoms with E-state index in [0.717, 1.165) is 54.1 Å². The molecule has 0 N–H and O–H groups in total. The van der Waals surface area contributed by atoms with E-state index in [1.54, 1.807) is 0 Å². The Hall–Kier alpha value is 0. The highest BCUT2D eigenvalue weighted by Gasteiger charge is 3.06. The zero-order chi connectivity index (χ0) is 31.9. The van der Waals surface area contributed by atoms with Crippen LogP contribution >= 0.6 is 0 Å². The summed E-state index contributed by atoms with van der Waals surface area (Å²) in [5, 5.41) is 0. The molecule has 254 valence electrons. The van der Waals surface area contributed by atoms with Gasteiger partial charge in [0.05, 0.1) is 0 Å². The summed E-state index contributed by atoms with van der Waals surface area (Å²) in [5.41, 5.74) is 8.19. The molecule has 18 rings (SSSR count). The predicted molar refractivity (Wildman–Crippen MR) is 190 cm³/mol. The molecule has 0 aliphatic heterocycles. The average Bonchev–Trinajstić information content (AvgIpc) is 3.44. The Balaban J connectivity index is 0.0000000786. The molecule has 0 unspecified atom stereocenters. The van der Waals surface area contributed by atoms with Crippen molar-refractivity contribution in [2.45, 2.75) is 191 Å². The Labute approximate surface area is 280 Å². The predicted octanol–water partition coefficient (Wildman–Crippen LogP) is 13.3. The lowest BCUT2D eigenvalue weighted by Crippen LogP contribution is -3.08. The van der Waals surface area contributed by atoms with E-state index >= 15 is 0 Å². The molecule has 0 heterocycles. The van der Waals surface area contributed by atoms with Crippen molar-refractivity contribution in [3.8, 4) is 0 Å². The molecule has 18 fully saturated rings. The second kappa shape index (κ2) is 8.65. The van der Waals surface area contributed by atoms with Gasteiger partial charge >= 0.3 is 0 Å². The van der Waals surface area contributed by atoms with E-state index in [0.29, 0.717) is 0 Å². The number of rotatable bonds is 0. The van der Waals surface area contributed by atoms with Gasteiger partial charge in [-0.25, -0.2) is 0 Å². The summed E-state index contributed by atoms with van der Waals surface area (Å²) in [6, 6.07) is 0. The first-order valence-corrected chi connectivity index (χ1v) is 20.7. The van der Waals surface area contributed by atoms with Crippen LogP contribution in [0.2, 0.25) is 0 Å². The third kappa shape index (κ3) is 4.02. The lowest BCUT2D eigenvalue weighted by Gasteiger charge is -3.11. The summed E-state index contributed by atoms with van der Waals surface area (Å²) in [7, 11) is 0. The number of hydrogen-bond acceptors (Lipinski definition) is 0. The Morgan fingerprint density at radius 3 is 0.489 bits per heavy atom. The molecule has 0 amide bonds. The Bertz CT molecular complexity index is 1000. The highest BCUT2D eigenvalue weighted by atomic mass is 15.1. The molecule has 8 bridgehead atoms. The van der Waals surface area contributed by atoms with Crippen LogP contribution in [0.5, 0.6) is 0 Å². The van der Waals surface area contributed by atoms with E-state index in [-0.39, 0.29) is 0 Å². The topological polar surface area (TPSA) is 0 Å². The minimum atomic E-state index is 0.762. The maximum Gasteiger partial charge on any atom is -0.0223 e. The molecule has 18 aliphatic carbocycles. The van der Waals surface area contributed by atoms with Crippen molar-refractivity contribution >= 4 is 0 Å². The van der Waals surface area contributed by atoms with Gasteiger partial charge in [-0.2, -0.15) is 0 Å². The SMILES string of the molecule is CC12C3C4C1C1C2C3C41C.CC12CC(C)(C1)C2.CC12CCC(C)(C1)C2.CC12CCC(C)(CC1)CC2.CC12CCC(C)(CC1)CC2. The van der Waals surface area contributed by atoms with E-state index in [9.17, 15) is 0 Å². The first-order chi connectivity index (χ1) is 20.7. The van der Waals surface area contributed by atoms with Crippen LogP contribution in [0.3, 0.4) is 0 Å². The van der Waals surface area contributed by atoms with Gasteiger partial charge in [-0.05, 0) is 212 Å². The van der Waals surface area contributed by atoms with Gasteiger partial charge in [0.1, 0.15) is 0 Å². The van der Waals surface area contributed by atoms with Gasteiger partial charge in [0, 0.05) is 0 Å². The van der Waals surface area contributed by atoms with Crippen molar-refractivity contribution < 1.29 is 0 Å². The molecule has 0 spiro atoms. The minimum absolute atomic E-state index is 0.762. The second-order valence-electron chi connectivity index (χ2n) is 24.8. The second-order valence-corrected chi connectivity index (χ2v) is 24.8. The van der Waals surface area contributed by atoms with E-state index in [4.69, 9.17) is 0 Å². The highest BCUT2D eigenvalue weighted by molar-refractivity contribution is 5.53. The molecule has 0 aromatic rings. The van der Waals surface area contributed by atoms with Crippen LogP contribution < -0.4 is 0 Å². The molecule has 0 aromatic heterocycles. The first kappa shape index (κ1) is 31.0. The molecule has 0 nitrogen and oxygen atoms in total. The molecule has 45 heavy (non-hydrogen) atoms. The van der Waals surface area contributed by atoms with Crippen molar-refractivity contribution in [2.24, 2.45) is 89.7 Å². The maximum atomic E-state index is 2.56. The Kier molecular flexibility index (Phi) is 5.96. The van der Waals surface area contributed by atoms with Crippen molar-refractivity contribution in [1.29, 1.82) is 0 Å². The van der Waals surface area contributed by atoms with Gasteiger partial charge in [0.2, 0.25) is 0 Å². The average molecular weight is 615 g/mol. The van der Waals surface area contributed by atoms with Crippen LogP contribution in [-0.4, -0.2) is 0 Å². The molecule has 0 heteroatoms. The van der Waals surface area contributed by atoms with E-state index < -0.39 is 0 Å². The normalized spacial score (nSPS) is 67.9. The fourth-order valence-electron chi connectivity index (χ4n) is 17.6. The fourth-order valence-corrected chi connectivity index (χ4v) is 17.6. The molecular formula is C45H74. The minimum Gasteiger partial charge on any atom is -0.0596 e. The zero-order valence-corrected chi connectivity index (χ0v) is 31.9. The number of fused-ring (bicyclic) bond motifs is 7. The quantitative estimate of drug-likeness (QED) is 0.255. The van der Waals surface area contributed by atoms with Gasteiger partial charge in [-0.3, -0.25) is 0 Å². The fraction of sp³-hybridized carbons (Fsp3) is 1.00. The molecule has 18 saturated carbocycles. The lowest BCUT2D eigenvalue weighted by atomic mass is 8.93. The standard InChI is InChI=1S/C10H12.2C10H18.C8H14.C7H12/c1-9-3-6-4(9)8-5(9)7(3)10(6,8)2;2*1-9-3-6-10(2,7-4-9)8-5-9;1-7-3-4-8(2,5-7)6-7;1-6-3-7(2,4-6)5-6/h3-8H,1-2H3;2*3-8H2,1-2H3;3-6H2,1-2H3;3-5H2,1-2H3. The van der Waals surface area contributed by atoms with Crippen molar-refractivity contribution in [2.75, 3.05) is 0 Å². The zero-order valence-electron chi connectivity index (χ0n) is 31.9. The molecule has 0 saturated heterocycles. The van der Waals surface area contributed by atoms with E-state index in [1.165, 1.54) is 158 Å². The summed E-state index contributed by atoms with van der Waals surface area (Å²) in [5.74, 6) is 7.49. The molecule has 18 aliphatic rings. The van der Waals surface area contributed by atoms with Crippen LogP contribution in [0.4, 0.5) is 0 Å². The summed E-state index contributed by atoms with van der Waals surface area (Å²) in [6.07, 6.45) is 28.6. The number of hydrogen-bond donors (Lipinski definition) is 0. The third-order valence-electron chi connectivity index (χ3n) is 20.2. The van der Waals surface area contributed by atoms with Gasteiger partial charge in [0.25, 0.3) is 0 Å². The smallest absolute Gasteiger partial charge is 0.0223 e. The van der Waals surface area contributed by atoms with E-state index in [1.807, 2.05) is 0 Å². The monoisotopic (exact) mass is 615 g/mol. The van der Waals surface area contributed by atoms with Crippen molar-refractivity contribution in [1.82, 2.24) is 0 Å². The highest BCUT2D eigenvalue weighted by Crippen LogP contribution is 3.10. The Morgan fingerprint density at radius 2 is 0.378 bits per heavy atom. The van der Waals surface area contributed by atoms with Crippen LogP contribution in [0.25, 0.3) is 0 Å². The summed E-state index contributed by atoms with van der Waals surface area (Å²) >= 11 is 0. The van der Waals surface area contributed by atoms with Gasteiger partial charge < -0.3 is 0 Å². The van der Waals surface area contributed by atoms with E-state index in [2.05, 4.69) is 69.2 Å². The van der Waals surface area contributed by atoms with Crippen LogP contribution in [0.1, 0.15) is 191 Å². The van der Waals surface area contributed by atoms with Crippen LogP contribution in [-0.2, 0) is 0 Å². The summed E-state index contributed by atoms with van der Waals surface area (Å²) in [6.45, 7) is 24.7. The van der Waals surface area contributed by atoms with Gasteiger partial charge in [-0.1, -0.05) is 69.2 Å². The molecule has 0 aromatic carbocycles. The maximum absolute atomic E-state index is 2.56. The Morgan fingerprint density at radius 1 is 0.222 bits per heavy atom. The van der Waals surface area contributed by atoms with Crippen molar-refractivity contribution in [3.05, 3.63) is 0 Å². The van der Waals surface area contributed by atoms with Crippen LogP contribution in [0.15, 0.2) is 0 Å². The molecule has 0 atom stereocenters.